The van der Waals surface area contributed by atoms with Crippen LogP contribution in [-0.2, 0) is 33.5 Å². The predicted molar refractivity (Wildman–Crippen MR) is 315 cm³/mol. The smallest absolute Gasteiger partial charge is 0.257 e. The zero-order chi connectivity index (χ0) is 58.4. The number of nitrogens with one attached hydrogen (secondary N) is 3. The number of carbonyl (C=O) groups is 2. The lowest BCUT2D eigenvalue weighted by atomic mass is 9.90. The summed E-state index contributed by atoms with van der Waals surface area (Å²) in [6.45, 7) is 25.9. The molecule has 2 amide bonds. The van der Waals surface area contributed by atoms with E-state index in [-0.39, 0.29) is 65.1 Å². The average Bonchev–Trinajstić information content (AvgIpc) is 3.87. The Labute approximate surface area is 479 Å². The topological polar surface area (TPSA) is 223 Å². The van der Waals surface area contributed by atoms with Crippen LogP contribution in [0.5, 0.6) is 5.75 Å². The zero-order valence-corrected chi connectivity index (χ0v) is 49.7. The first-order chi connectivity index (χ1) is 38.9. The summed E-state index contributed by atoms with van der Waals surface area (Å²) in [4.78, 5) is 73.2. The molecule has 82 heavy (non-hydrogen) atoms. The summed E-state index contributed by atoms with van der Waals surface area (Å²) < 4.78 is 48.6. The third-order valence-corrected chi connectivity index (χ3v) is 19.3. The molecule has 3 N–H and O–H groups in total. The number of fused-ring (bicyclic) bond motifs is 2. The molecule has 4 aliphatic rings. The minimum Gasteiger partial charge on any atom is -0.492 e. The van der Waals surface area contributed by atoms with Gasteiger partial charge in [0.25, 0.3) is 11.5 Å². The minimum absolute atomic E-state index is 0.00139. The Morgan fingerprint density at radius 3 is 2.33 bits per heavy atom. The normalized spacial score (nSPS) is 20.1. The Morgan fingerprint density at radius 2 is 1.65 bits per heavy atom. The molecule has 4 aliphatic heterocycles. The first-order valence-corrected chi connectivity index (χ1v) is 30.0. The van der Waals surface area contributed by atoms with Crippen molar-refractivity contribution in [2.75, 3.05) is 107 Å². The molecule has 6 aromatic rings. The van der Waals surface area contributed by atoms with Crippen LogP contribution in [0.1, 0.15) is 93.3 Å². The molecule has 3 saturated heterocycles. The number of ether oxygens (including phenoxy) is 1. The number of nitrogens with zero attached hydrogens (tertiary/aromatic N) is 12. The molecule has 0 spiro atoms. The van der Waals surface area contributed by atoms with E-state index in [2.05, 4.69) is 78.1 Å². The lowest BCUT2D eigenvalue weighted by molar-refractivity contribution is -0.120. The molecule has 0 saturated carbocycles. The van der Waals surface area contributed by atoms with Gasteiger partial charge in [-0.25, -0.2) is 32.7 Å². The third kappa shape index (κ3) is 12.1. The van der Waals surface area contributed by atoms with E-state index in [1.807, 2.05) is 29.7 Å². The van der Waals surface area contributed by atoms with E-state index >= 15 is 0 Å². The van der Waals surface area contributed by atoms with Crippen molar-refractivity contribution in [1.82, 2.24) is 59.6 Å². The molecule has 23 heteroatoms. The van der Waals surface area contributed by atoms with E-state index in [1.165, 1.54) is 18.5 Å². The highest BCUT2D eigenvalue weighted by Gasteiger charge is 2.43. The molecule has 21 nitrogen and oxygen atoms in total. The maximum Gasteiger partial charge on any atom is 0.257 e. The molecule has 2 aromatic carbocycles. The summed E-state index contributed by atoms with van der Waals surface area (Å²) in [5.74, 6) is 1.41. The van der Waals surface area contributed by atoms with Crippen LogP contribution in [0, 0.1) is 19.7 Å². The highest BCUT2D eigenvalue weighted by Crippen LogP contribution is 2.41. The molecule has 10 rings (SSSR count). The van der Waals surface area contributed by atoms with Crippen LogP contribution in [0.25, 0.3) is 10.9 Å². The molecule has 4 aromatic heterocycles. The fourth-order valence-corrected chi connectivity index (χ4v) is 13.2. The van der Waals surface area contributed by atoms with Crippen LogP contribution in [0.15, 0.2) is 70.9 Å². The first kappa shape index (κ1) is 58.3. The Morgan fingerprint density at radius 1 is 0.915 bits per heavy atom. The Balaban J connectivity index is 0.701. The first-order valence-electron chi connectivity index (χ1n) is 28.5. The molecule has 3 fully saturated rings. The van der Waals surface area contributed by atoms with Gasteiger partial charge < -0.3 is 34.6 Å². The van der Waals surface area contributed by atoms with Gasteiger partial charge in [0.05, 0.1) is 40.4 Å². The highest BCUT2D eigenvalue weighted by atomic mass is 32.2. The van der Waals surface area contributed by atoms with Gasteiger partial charge in [-0.15, -0.1) is 0 Å². The predicted octanol–water partition coefficient (Wildman–Crippen LogP) is 5.23. The van der Waals surface area contributed by atoms with E-state index in [9.17, 15) is 27.2 Å². The quantitative estimate of drug-likeness (QED) is 0.106. The number of rotatable bonds is 16. The Hall–Kier alpha value is -6.92. The number of hydrogen-bond donors (Lipinski definition) is 3. The summed E-state index contributed by atoms with van der Waals surface area (Å²) in [6, 6.07) is 11.8. The number of piperazine rings is 3. The molecule has 0 unspecified atom stereocenters. The number of aryl methyl sites for hydroxylation is 1. The Bertz CT molecular complexity index is 3510. The van der Waals surface area contributed by atoms with Crippen molar-refractivity contribution in [3.05, 3.63) is 111 Å². The number of hydrogen-bond acceptors (Lipinski definition) is 17. The van der Waals surface area contributed by atoms with Crippen LogP contribution >= 0.6 is 0 Å². The lowest BCUT2D eigenvalue weighted by Crippen LogP contribution is -2.63. The number of benzene rings is 2. The standard InChI is InChI=1S/C59H78FN15O6S/c1-37-31-74(34-51(76)75-35-59(8,9)52-48(75)25-42(55(77)69(52)10)24-41-12-14-44(60)15-13-41)45(30-61-37)33-72-21-22-73(32-38(72)2)57-62-28-43(29-63-57)56(78)71-19-17-70(18-20-71)16-11-23-81-49-27-47-46(26-50(49)82(79,80)58(5,6)7)54(65-36-64-47)66-53-39(3)40(4)67-68-53/h12-15,25-29,36-38,45,61H,11,16-24,30-35H2,1-10H3,(H2,64,65,66,67,68)/t37-,38-,45-/m1/s1. The maximum absolute atomic E-state index is 14.5. The summed E-state index contributed by atoms with van der Waals surface area (Å²) in [5.41, 5.74) is 5.25. The number of pyridine rings is 1. The van der Waals surface area contributed by atoms with Gasteiger partial charge >= 0.3 is 0 Å². The number of halogens is 1. The van der Waals surface area contributed by atoms with E-state index in [1.54, 1.807) is 69.0 Å². The number of H-pyrrole nitrogens is 1. The molecule has 438 valence electrons. The molecule has 3 atom stereocenters. The summed E-state index contributed by atoms with van der Waals surface area (Å²) >= 11 is 0. The number of carbonyl (C=O) groups excluding carboxylic acids is 2. The summed E-state index contributed by atoms with van der Waals surface area (Å²) in [7, 11) is -2.06. The monoisotopic (exact) mass is 1140 g/mol. The van der Waals surface area contributed by atoms with Gasteiger partial charge in [-0.1, -0.05) is 26.0 Å². The van der Waals surface area contributed by atoms with E-state index in [4.69, 9.17) is 14.7 Å². The van der Waals surface area contributed by atoms with Gasteiger partial charge in [-0.3, -0.25) is 34.2 Å². The van der Waals surface area contributed by atoms with Crippen molar-refractivity contribution in [2.45, 2.75) is 108 Å². The van der Waals surface area contributed by atoms with Crippen LogP contribution in [0.4, 0.5) is 27.7 Å². The number of anilines is 4. The van der Waals surface area contributed by atoms with Crippen molar-refractivity contribution in [3.8, 4) is 5.75 Å². The van der Waals surface area contributed by atoms with Crippen molar-refractivity contribution in [2.24, 2.45) is 7.05 Å². The van der Waals surface area contributed by atoms with Gasteiger partial charge in [-0.2, -0.15) is 5.10 Å². The molecular formula is C59H78FN15O6S. The van der Waals surface area contributed by atoms with Gasteiger partial charge in [-0.05, 0) is 84.7 Å². The summed E-state index contributed by atoms with van der Waals surface area (Å²) in [6.07, 6.45) is 5.66. The fourth-order valence-electron chi connectivity index (χ4n) is 11.9. The van der Waals surface area contributed by atoms with Gasteiger partial charge in [0.1, 0.15) is 28.6 Å². The van der Waals surface area contributed by atoms with Crippen LogP contribution < -0.4 is 30.7 Å². The van der Waals surface area contributed by atoms with Crippen molar-refractivity contribution < 1.29 is 27.1 Å². The number of aromatic nitrogens is 7. The largest absolute Gasteiger partial charge is 0.492 e. The lowest BCUT2D eigenvalue weighted by Gasteiger charge is -2.45. The van der Waals surface area contributed by atoms with Crippen LogP contribution in [0.3, 0.4) is 0 Å². The van der Waals surface area contributed by atoms with Gasteiger partial charge in [0.2, 0.25) is 11.9 Å². The fraction of sp³-hybridized carbons (Fsp3) is 0.525. The van der Waals surface area contributed by atoms with Crippen LogP contribution in [-0.4, -0.2) is 189 Å². The van der Waals surface area contributed by atoms with Crippen molar-refractivity contribution in [1.29, 1.82) is 0 Å². The van der Waals surface area contributed by atoms with E-state index in [0.717, 1.165) is 54.4 Å². The molecular weight excluding hydrogens is 1070 g/mol. The van der Waals surface area contributed by atoms with E-state index < -0.39 is 20.0 Å². The zero-order valence-electron chi connectivity index (χ0n) is 48.9. The second-order valence-corrected chi connectivity index (χ2v) is 27.0. The molecule has 0 aliphatic carbocycles. The maximum atomic E-state index is 14.5. The average molecular weight is 1140 g/mol. The minimum atomic E-state index is -3.84. The summed E-state index contributed by atoms with van der Waals surface area (Å²) in [5, 5.41) is 14.7. The third-order valence-electron chi connectivity index (χ3n) is 16.8. The molecule has 8 heterocycles. The van der Waals surface area contributed by atoms with Gasteiger partial charge in [0.15, 0.2) is 15.7 Å². The van der Waals surface area contributed by atoms with Crippen molar-refractivity contribution >= 4 is 55.8 Å². The number of sulfone groups is 1. The van der Waals surface area contributed by atoms with E-state index in [0.29, 0.717) is 105 Å². The second kappa shape index (κ2) is 23.4. The number of amides is 2. The Kier molecular flexibility index (Phi) is 16.6. The van der Waals surface area contributed by atoms with Gasteiger partial charge in [0, 0.05) is 156 Å². The highest BCUT2D eigenvalue weighted by molar-refractivity contribution is 7.92. The number of aromatic amines is 1. The van der Waals surface area contributed by atoms with Crippen LogP contribution in [0.2, 0.25) is 0 Å². The molecule has 0 radical (unpaired) electrons. The molecule has 0 bridgehead atoms. The SMILES string of the molecule is Cc1[nH]nc(Nc2ncnc3cc(OCCCN4CCN(C(=O)c5cnc(N6CCN(C[C@H]7CN[C@H](C)CN7CC(=O)N7CC(C)(C)c8c7cc(Cc7ccc(F)cc7)c(=O)n8C)[C@H](C)C6)nc5)CC4)c(S(=O)(=O)C(C)(C)C)cc23)c1C. The second-order valence-electron chi connectivity index (χ2n) is 24.3. The van der Waals surface area contributed by atoms with Crippen molar-refractivity contribution in [3.63, 3.8) is 0 Å².